The number of H-pyrrole nitrogens is 1. The van der Waals surface area contributed by atoms with Gasteiger partial charge in [-0.15, -0.1) is 0 Å². The zero-order valence-electron chi connectivity index (χ0n) is 14.9. The van der Waals surface area contributed by atoms with Crippen LogP contribution < -0.4 is 15.4 Å². The SMILES string of the molecule is CC.FC(F)F.O=c1cc(N2CCOCC2)cc(N2CCCCC2)[nH]1. The van der Waals surface area contributed by atoms with Crippen molar-refractivity contribution < 1.29 is 17.9 Å². The van der Waals surface area contributed by atoms with Crippen LogP contribution in [-0.2, 0) is 4.74 Å². The van der Waals surface area contributed by atoms with Gasteiger partial charge >= 0.3 is 6.68 Å². The van der Waals surface area contributed by atoms with Crippen molar-refractivity contribution in [2.45, 2.75) is 39.8 Å². The molecule has 0 aromatic carbocycles. The first-order valence-corrected chi connectivity index (χ1v) is 8.80. The van der Waals surface area contributed by atoms with Crippen molar-refractivity contribution >= 4 is 11.5 Å². The smallest absolute Gasteiger partial charge is 0.378 e. The summed E-state index contributed by atoms with van der Waals surface area (Å²) in [5.74, 6) is 0.966. The Morgan fingerprint density at radius 3 is 2.08 bits per heavy atom. The molecule has 8 heteroatoms. The Hall–Kier alpha value is -1.70. The highest BCUT2D eigenvalue weighted by Gasteiger charge is 2.16. The van der Waals surface area contributed by atoms with Gasteiger partial charge in [0.2, 0.25) is 0 Å². The Bertz CT molecular complexity index is 486. The van der Waals surface area contributed by atoms with Crippen LogP contribution in [0.5, 0.6) is 0 Å². The number of morpholine rings is 1. The van der Waals surface area contributed by atoms with Crippen LogP contribution in [0.4, 0.5) is 24.7 Å². The topological polar surface area (TPSA) is 48.6 Å². The van der Waals surface area contributed by atoms with Crippen molar-refractivity contribution in [3.05, 3.63) is 22.5 Å². The Kier molecular flexibility index (Phi) is 10.1. The maximum atomic E-state index is 11.9. The first-order valence-electron chi connectivity index (χ1n) is 8.80. The lowest BCUT2D eigenvalue weighted by Crippen LogP contribution is -2.37. The molecule has 0 saturated carbocycles. The van der Waals surface area contributed by atoms with Crippen LogP contribution in [0.15, 0.2) is 16.9 Å². The van der Waals surface area contributed by atoms with E-state index in [1.165, 1.54) is 19.3 Å². The number of pyridine rings is 1. The number of anilines is 2. The van der Waals surface area contributed by atoms with E-state index in [0.29, 0.717) is 0 Å². The van der Waals surface area contributed by atoms with Gasteiger partial charge in [0.15, 0.2) is 0 Å². The zero-order chi connectivity index (χ0) is 18.7. The standard InChI is InChI=1S/C14H21N3O2.C2H6.CHF3/c18-14-11-12(16-6-8-19-9-7-16)10-13(15-14)17-4-2-1-3-5-17;1-2;2-1(3)4/h10-11H,1-9H2,(H,15,18);1-2H3;1H. The van der Waals surface area contributed by atoms with Gasteiger partial charge in [0, 0.05) is 44.0 Å². The van der Waals surface area contributed by atoms with Crippen LogP contribution >= 0.6 is 0 Å². The number of hydrogen-bond donors (Lipinski definition) is 1. The summed E-state index contributed by atoms with van der Waals surface area (Å²) in [6.45, 7) is 5.63. The summed E-state index contributed by atoms with van der Waals surface area (Å²) >= 11 is 0. The predicted octanol–water partition coefficient (Wildman–Crippen LogP) is 3.41. The number of nitrogens with zero attached hydrogens (tertiary/aromatic N) is 2. The lowest BCUT2D eigenvalue weighted by Gasteiger charge is -2.31. The Labute approximate surface area is 146 Å². The third-order valence-electron chi connectivity index (χ3n) is 3.89. The fourth-order valence-electron chi connectivity index (χ4n) is 2.82. The number of halogens is 3. The molecule has 2 aliphatic heterocycles. The summed E-state index contributed by atoms with van der Waals surface area (Å²) in [6.07, 6.45) is 3.72. The number of hydrogen-bond acceptors (Lipinski definition) is 4. The van der Waals surface area contributed by atoms with Gasteiger partial charge in [0.1, 0.15) is 5.82 Å². The molecule has 0 spiro atoms. The summed E-state index contributed by atoms with van der Waals surface area (Å²) in [5.41, 5.74) is 1.01. The van der Waals surface area contributed by atoms with Crippen molar-refractivity contribution in [1.29, 1.82) is 0 Å². The number of aromatic amines is 1. The predicted molar refractivity (Wildman–Crippen MR) is 94.6 cm³/mol. The van der Waals surface area contributed by atoms with E-state index in [1.54, 1.807) is 6.07 Å². The van der Waals surface area contributed by atoms with Crippen LogP contribution in [0.3, 0.4) is 0 Å². The first kappa shape index (κ1) is 21.3. The molecule has 0 bridgehead atoms. The third-order valence-corrected chi connectivity index (χ3v) is 3.89. The molecule has 0 unspecified atom stereocenters. The quantitative estimate of drug-likeness (QED) is 0.875. The molecule has 0 radical (unpaired) electrons. The molecule has 0 atom stereocenters. The zero-order valence-corrected chi connectivity index (χ0v) is 14.9. The van der Waals surface area contributed by atoms with E-state index in [1.807, 2.05) is 13.8 Å². The van der Waals surface area contributed by atoms with Gasteiger partial charge in [-0.3, -0.25) is 4.79 Å². The highest BCUT2D eigenvalue weighted by atomic mass is 19.4. The fourth-order valence-corrected chi connectivity index (χ4v) is 2.82. The summed E-state index contributed by atoms with van der Waals surface area (Å²) in [6, 6.07) is 3.80. The van der Waals surface area contributed by atoms with E-state index < -0.39 is 6.68 Å². The normalized spacial score (nSPS) is 17.4. The molecular weight excluding hydrogens is 335 g/mol. The number of piperidine rings is 1. The van der Waals surface area contributed by atoms with Crippen molar-refractivity contribution in [3.8, 4) is 0 Å². The molecule has 2 aliphatic rings. The van der Waals surface area contributed by atoms with Crippen LogP contribution in [-0.4, -0.2) is 51.1 Å². The van der Waals surface area contributed by atoms with Gasteiger partial charge < -0.3 is 19.5 Å². The summed E-state index contributed by atoms with van der Waals surface area (Å²) in [7, 11) is 0. The number of alkyl halides is 3. The second kappa shape index (κ2) is 11.8. The van der Waals surface area contributed by atoms with Gasteiger partial charge in [-0.2, -0.15) is 13.2 Å². The molecule has 0 aliphatic carbocycles. The second-order valence-electron chi connectivity index (χ2n) is 5.48. The minimum Gasteiger partial charge on any atom is -0.378 e. The summed E-state index contributed by atoms with van der Waals surface area (Å²) < 4.78 is 34.4. The molecular formula is C17H28F3N3O2. The van der Waals surface area contributed by atoms with Crippen molar-refractivity contribution in [1.82, 2.24) is 4.98 Å². The molecule has 0 amide bonds. The molecule has 3 heterocycles. The van der Waals surface area contributed by atoms with Crippen LogP contribution in [0.1, 0.15) is 33.1 Å². The fraction of sp³-hybridized carbons (Fsp3) is 0.706. The monoisotopic (exact) mass is 363 g/mol. The molecule has 144 valence electrons. The minimum atomic E-state index is -3.67. The van der Waals surface area contributed by atoms with E-state index in [2.05, 4.69) is 20.9 Å². The average Bonchev–Trinajstić information content (AvgIpc) is 2.64. The molecule has 3 rings (SSSR count). The number of ether oxygens (including phenoxy) is 1. The van der Waals surface area contributed by atoms with Gasteiger partial charge in [0.05, 0.1) is 13.2 Å². The highest BCUT2D eigenvalue weighted by molar-refractivity contribution is 5.55. The van der Waals surface area contributed by atoms with Gasteiger partial charge in [-0.05, 0) is 19.3 Å². The third kappa shape index (κ3) is 7.81. The number of rotatable bonds is 2. The van der Waals surface area contributed by atoms with E-state index >= 15 is 0 Å². The number of aromatic nitrogens is 1. The number of nitrogens with one attached hydrogen (secondary N) is 1. The van der Waals surface area contributed by atoms with Crippen LogP contribution in [0, 0.1) is 0 Å². The lowest BCUT2D eigenvalue weighted by molar-refractivity contribution is 0.00819. The van der Waals surface area contributed by atoms with E-state index in [0.717, 1.165) is 50.9 Å². The summed E-state index contributed by atoms with van der Waals surface area (Å²) in [4.78, 5) is 19.3. The Morgan fingerprint density at radius 1 is 0.960 bits per heavy atom. The highest BCUT2D eigenvalue weighted by Crippen LogP contribution is 2.22. The Balaban J connectivity index is 0.000000461. The van der Waals surface area contributed by atoms with Crippen molar-refractivity contribution in [3.63, 3.8) is 0 Å². The van der Waals surface area contributed by atoms with Crippen molar-refractivity contribution in [2.75, 3.05) is 49.2 Å². The van der Waals surface area contributed by atoms with Gasteiger partial charge in [-0.25, -0.2) is 0 Å². The molecule has 2 saturated heterocycles. The molecule has 2 fully saturated rings. The molecule has 1 aromatic heterocycles. The Morgan fingerprint density at radius 2 is 1.52 bits per heavy atom. The van der Waals surface area contributed by atoms with Crippen LogP contribution in [0.2, 0.25) is 0 Å². The minimum absolute atomic E-state index is 0.00966. The average molecular weight is 363 g/mol. The largest absolute Gasteiger partial charge is 0.379 e. The van der Waals surface area contributed by atoms with E-state index in [9.17, 15) is 18.0 Å². The van der Waals surface area contributed by atoms with Gasteiger partial charge in [0.25, 0.3) is 5.56 Å². The maximum Gasteiger partial charge on any atom is 0.379 e. The molecule has 1 N–H and O–H groups in total. The summed E-state index contributed by atoms with van der Waals surface area (Å²) in [5, 5.41) is 0. The first-order chi connectivity index (χ1) is 12.1. The van der Waals surface area contributed by atoms with E-state index in [-0.39, 0.29) is 5.56 Å². The molecule has 1 aromatic rings. The molecule has 5 nitrogen and oxygen atoms in total. The maximum absolute atomic E-state index is 11.9. The van der Waals surface area contributed by atoms with Crippen molar-refractivity contribution in [2.24, 2.45) is 0 Å². The van der Waals surface area contributed by atoms with Crippen LogP contribution in [0.25, 0.3) is 0 Å². The van der Waals surface area contributed by atoms with Gasteiger partial charge in [-0.1, -0.05) is 13.8 Å². The molecule has 25 heavy (non-hydrogen) atoms. The lowest BCUT2D eigenvalue weighted by atomic mass is 10.1. The second-order valence-corrected chi connectivity index (χ2v) is 5.48. The van der Waals surface area contributed by atoms with E-state index in [4.69, 9.17) is 4.74 Å².